The third kappa shape index (κ3) is 4.51. The van der Waals surface area contributed by atoms with E-state index in [0.29, 0.717) is 6.04 Å². The molecule has 1 amide bonds. The quantitative estimate of drug-likeness (QED) is 0.895. The van der Waals surface area contributed by atoms with Crippen LogP contribution in [0.1, 0.15) is 38.0 Å². The number of hydrogen-bond acceptors (Lipinski definition) is 3. The minimum Gasteiger partial charge on any atom is -0.460 e. The number of nitrogens with zero attached hydrogens (tertiary/aromatic N) is 1. The van der Waals surface area contributed by atoms with Crippen molar-refractivity contribution >= 4 is 5.91 Å². The van der Waals surface area contributed by atoms with Crippen LogP contribution < -0.4 is 5.32 Å². The van der Waals surface area contributed by atoms with E-state index in [0.717, 1.165) is 49.6 Å². The van der Waals surface area contributed by atoms with Crippen LogP contribution in [0.4, 0.5) is 0 Å². The highest BCUT2D eigenvalue weighted by Gasteiger charge is 2.24. The zero-order valence-electron chi connectivity index (χ0n) is 15.4. The Balaban J connectivity index is 1.49. The van der Waals surface area contributed by atoms with Gasteiger partial charge in [-0.2, -0.15) is 0 Å². The fraction of sp³-hybridized carbons (Fsp3) is 0.476. The first-order chi connectivity index (χ1) is 12.0. The highest BCUT2D eigenvalue weighted by Crippen LogP contribution is 2.23. The lowest BCUT2D eigenvalue weighted by molar-refractivity contribution is -0.135. The predicted molar refractivity (Wildman–Crippen MR) is 100 cm³/mol. The molecule has 0 atom stereocenters. The standard InChI is InChI=1S/C21H28N2O2/c1-15(2)21(24)23-12-10-18(11-13-23)22-14-19-8-9-20(25-19)17-6-4-16(3)5-7-17/h4-9,15,18,22H,10-14H2,1-3H3. The molecule has 1 aliphatic rings. The maximum absolute atomic E-state index is 12.0. The van der Waals surface area contributed by atoms with E-state index in [9.17, 15) is 4.79 Å². The Kier molecular flexibility index (Phi) is 5.59. The highest BCUT2D eigenvalue weighted by molar-refractivity contribution is 5.78. The Hall–Kier alpha value is -2.07. The monoisotopic (exact) mass is 340 g/mol. The largest absolute Gasteiger partial charge is 0.460 e. The third-order valence-electron chi connectivity index (χ3n) is 4.86. The van der Waals surface area contributed by atoms with E-state index in [1.54, 1.807) is 0 Å². The number of furan rings is 1. The molecule has 134 valence electrons. The zero-order chi connectivity index (χ0) is 17.8. The Bertz CT molecular complexity index is 695. The van der Waals surface area contributed by atoms with Gasteiger partial charge in [-0.3, -0.25) is 4.79 Å². The number of carbonyl (C=O) groups excluding carboxylic acids is 1. The molecule has 1 fully saturated rings. The fourth-order valence-electron chi connectivity index (χ4n) is 3.26. The molecule has 0 aliphatic carbocycles. The van der Waals surface area contributed by atoms with E-state index < -0.39 is 0 Å². The molecule has 0 radical (unpaired) electrons. The van der Waals surface area contributed by atoms with Crippen LogP contribution in [0.2, 0.25) is 0 Å². The highest BCUT2D eigenvalue weighted by atomic mass is 16.3. The number of rotatable bonds is 5. The molecule has 0 spiro atoms. The summed E-state index contributed by atoms with van der Waals surface area (Å²) in [7, 11) is 0. The summed E-state index contributed by atoms with van der Waals surface area (Å²) in [4.78, 5) is 14.0. The van der Waals surface area contributed by atoms with Crippen molar-refractivity contribution in [2.75, 3.05) is 13.1 Å². The van der Waals surface area contributed by atoms with Crippen LogP contribution in [0.5, 0.6) is 0 Å². The Morgan fingerprint density at radius 2 is 1.84 bits per heavy atom. The average molecular weight is 340 g/mol. The van der Waals surface area contributed by atoms with E-state index in [4.69, 9.17) is 4.42 Å². The topological polar surface area (TPSA) is 45.5 Å². The molecule has 4 heteroatoms. The van der Waals surface area contributed by atoms with Crippen LogP contribution in [0, 0.1) is 12.8 Å². The van der Waals surface area contributed by atoms with Gasteiger partial charge in [0.05, 0.1) is 6.54 Å². The molecule has 0 saturated carbocycles. The molecule has 1 N–H and O–H groups in total. The number of nitrogens with one attached hydrogen (secondary N) is 1. The van der Waals surface area contributed by atoms with E-state index in [2.05, 4.69) is 36.5 Å². The minimum atomic E-state index is 0.0906. The summed E-state index contributed by atoms with van der Waals surface area (Å²) in [5.41, 5.74) is 2.36. The van der Waals surface area contributed by atoms with Gasteiger partial charge in [-0.1, -0.05) is 43.7 Å². The number of amides is 1. The van der Waals surface area contributed by atoms with Gasteiger partial charge in [-0.25, -0.2) is 0 Å². The lowest BCUT2D eigenvalue weighted by Crippen LogP contribution is -2.45. The van der Waals surface area contributed by atoms with Gasteiger partial charge in [-0.05, 0) is 31.9 Å². The second kappa shape index (κ2) is 7.87. The van der Waals surface area contributed by atoms with Crippen molar-refractivity contribution in [2.24, 2.45) is 5.92 Å². The lowest BCUT2D eigenvalue weighted by atomic mass is 10.0. The van der Waals surface area contributed by atoms with Crippen LogP contribution >= 0.6 is 0 Å². The summed E-state index contributed by atoms with van der Waals surface area (Å²) in [5, 5.41) is 3.57. The Morgan fingerprint density at radius 1 is 1.16 bits per heavy atom. The second-order valence-corrected chi connectivity index (χ2v) is 7.27. The van der Waals surface area contributed by atoms with Crippen LogP contribution in [0.25, 0.3) is 11.3 Å². The molecular formula is C21H28N2O2. The zero-order valence-corrected chi connectivity index (χ0v) is 15.4. The molecule has 1 aliphatic heterocycles. The van der Waals surface area contributed by atoms with Gasteiger partial charge < -0.3 is 14.6 Å². The maximum Gasteiger partial charge on any atom is 0.225 e. The summed E-state index contributed by atoms with van der Waals surface area (Å²) < 4.78 is 5.96. The summed E-state index contributed by atoms with van der Waals surface area (Å²) >= 11 is 0. The van der Waals surface area contributed by atoms with Gasteiger partial charge in [-0.15, -0.1) is 0 Å². The van der Waals surface area contributed by atoms with E-state index >= 15 is 0 Å². The van der Waals surface area contributed by atoms with Gasteiger partial charge in [0.15, 0.2) is 0 Å². The number of likely N-dealkylation sites (tertiary alicyclic amines) is 1. The van der Waals surface area contributed by atoms with Crippen molar-refractivity contribution in [3.05, 3.63) is 47.7 Å². The smallest absolute Gasteiger partial charge is 0.225 e. The minimum absolute atomic E-state index is 0.0906. The molecule has 0 unspecified atom stereocenters. The van der Waals surface area contributed by atoms with Gasteiger partial charge >= 0.3 is 0 Å². The molecule has 1 aromatic carbocycles. The van der Waals surface area contributed by atoms with Crippen molar-refractivity contribution in [1.29, 1.82) is 0 Å². The molecule has 4 nitrogen and oxygen atoms in total. The van der Waals surface area contributed by atoms with Crippen molar-refractivity contribution in [3.63, 3.8) is 0 Å². The van der Waals surface area contributed by atoms with Gasteiger partial charge in [0, 0.05) is 30.6 Å². The van der Waals surface area contributed by atoms with E-state index in [1.165, 1.54) is 5.56 Å². The number of hydrogen-bond donors (Lipinski definition) is 1. The first kappa shape index (κ1) is 17.7. The van der Waals surface area contributed by atoms with Crippen LogP contribution in [-0.2, 0) is 11.3 Å². The summed E-state index contributed by atoms with van der Waals surface area (Å²) in [6.07, 6.45) is 2.01. The molecule has 25 heavy (non-hydrogen) atoms. The van der Waals surface area contributed by atoms with Gasteiger partial charge in [0.2, 0.25) is 5.91 Å². The number of benzene rings is 1. The lowest BCUT2D eigenvalue weighted by Gasteiger charge is -2.33. The second-order valence-electron chi connectivity index (χ2n) is 7.27. The molecule has 3 rings (SSSR count). The van der Waals surface area contributed by atoms with Crippen molar-refractivity contribution in [1.82, 2.24) is 10.2 Å². The number of carbonyl (C=O) groups is 1. The van der Waals surface area contributed by atoms with Gasteiger partial charge in [0.25, 0.3) is 0 Å². The van der Waals surface area contributed by atoms with Gasteiger partial charge in [0.1, 0.15) is 11.5 Å². The van der Waals surface area contributed by atoms with Crippen molar-refractivity contribution < 1.29 is 9.21 Å². The number of aryl methyl sites for hydroxylation is 1. The van der Waals surface area contributed by atoms with E-state index in [1.807, 2.05) is 30.9 Å². The third-order valence-corrected chi connectivity index (χ3v) is 4.86. The van der Waals surface area contributed by atoms with Crippen LogP contribution in [0.15, 0.2) is 40.8 Å². The summed E-state index contributed by atoms with van der Waals surface area (Å²) in [6, 6.07) is 12.9. The van der Waals surface area contributed by atoms with Crippen molar-refractivity contribution in [3.8, 4) is 11.3 Å². The predicted octanol–water partition coefficient (Wildman–Crippen LogP) is 3.99. The first-order valence-electron chi connectivity index (χ1n) is 9.21. The Morgan fingerprint density at radius 3 is 2.48 bits per heavy atom. The molecule has 2 aromatic rings. The summed E-state index contributed by atoms with van der Waals surface area (Å²) in [5.74, 6) is 2.23. The molecule has 1 aromatic heterocycles. The van der Waals surface area contributed by atoms with Crippen molar-refractivity contribution in [2.45, 2.75) is 46.2 Å². The molecular weight excluding hydrogens is 312 g/mol. The summed E-state index contributed by atoms with van der Waals surface area (Å²) in [6.45, 7) is 8.45. The van der Waals surface area contributed by atoms with Crippen LogP contribution in [0.3, 0.4) is 0 Å². The molecule has 0 bridgehead atoms. The van der Waals surface area contributed by atoms with E-state index in [-0.39, 0.29) is 11.8 Å². The SMILES string of the molecule is Cc1ccc(-c2ccc(CNC3CCN(C(=O)C(C)C)CC3)o2)cc1. The maximum atomic E-state index is 12.0. The average Bonchev–Trinajstić information content (AvgIpc) is 3.09. The number of piperidine rings is 1. The molecule has 2 heterocycles. The Labute approximate surface area is 150 Å². The normalized spacial score (nSPS) is 15.8. The van der Waals surface area contributed by atoms with Crippen LogP contribution in [-0.4, -0.2) is 29.9 Å². The first-order valence-corrected chi connectivity index (χ1v) is 9.21. The fourth-order valence-corrected chi connectivity index (χ4v) is 3.26. The molecule has 1 saturated heterocycles.